The maximum atomic E-state index is 6.05. The van der Waals surface area contributed by atoms with Gasteiger partial charge in [-0.05, 0) is 37.1 Å². The second kappa shape index (κ2) is 5.57. The number of aromatic nitrogens is 4. The molecule has 1 fully saturated rings. The Morgan fingerprint density at radius 1 is 1.14 bits per heavy atom. The molecule has 1 aromatic carbocycles. The van der Waals surface area contributed by atoms with Gasteiger partial charge in [0.05, 0.1) is 11.6 Å². The summed E-state index contributed by atoms with van der Waals surface area (Å²) >= 11 is 6.05. The quantitative estimate of drug-likeness (QED) is 0.728. The predicted molar refractivity (Wildman–Crippen MR) is 87.3 cm³/mol. The summed E-state index contributed by atoms with van der Waals surface area (Å²) < 4.78 is 2.06. The minimum Gasteiger partial charge on any atom is -0.356 e. The van der Waals surface area contributed by atoms with Gasteiger partial charge in [0, 0.05) is 35.9 Å². The van der Waals surface area contributed by atoms with Crippen LogP contribution in [-0.2, 0) is 0 Å². The lowest BCUT2D eigenvalue weighted by Gasteiger charge is -2.33. The molecule has 112 valence electrons. The Hall–Kier alpha value is -2.14. The zero-order valence-electron chi connectivity index (χ0n) is 12.1. The molecule has 6 heteroatoms. The largest absolute Gasteiger partial charge is 0.356 e. The van der Waals surface area contributed by atoms with E-state index in [-0.39, 0.29) is 0 Å². The van der Waals surface area contributed by atoms with E-state index in [1.807, 2.05) is 36.7 Å². The summed E-state index contributed by atoms with van der Waals surface area (Å²) in [4.78, 5) is 11.1. The van der Waals surface area contributed by atoms with Crippen molar-refractivity contribution in [3.8, 4) is 0 Å². The number of nitrogens with zero attached hydrogens (tertiary/aromatic N) is 5. The molecule has 0 radical (unpaired) electrons. The Kier molecular flexibility index (Phi) is 3.42. The third-order valence-electron chi connectivity index (χ3n) is 4.24. The van der Waals surface area contributed by atoms with Crippen LogP contribution in [0.3, 0.4) is 0 Å². The number of benzene rings is 1. The van der Waals surface area contributed by atoms with Crippen LogP contribution in [-0.4, -0.2) is 32.8 Å². The highest BCUT2D eigenvalue weighted by molar-refractivity contribution is 6.31. The fourth-order valence-electron chi connectivity index (χ4n) is 3.11. The molecule has 3 aromatic rings. The van der Waals surface area contributed by atoms with Crippen LogP contribution in [0, 0.1) is 0 Å². The van der Waals surface area contributed by atoms with Crippen LogP contribution in [0.4, 0.5) is 5.82 Å². The van der Waals surface area contributed by atoms with Gasteiger partial charge in [0.1, 0.15) is 12.1 Å². The molecule has 1 aliphatic rings. The molecule has 0 unspecified atom stereocenters. The minimum absolute atomic E-state index is 0.480. The molecule has 4 rings (SSSR count). The van der Waals surface area contributed by atoms with Crippen molar-refractivity contribution in [2.75, 3.05) is 18.0 Å². The van der Waals surface area contributed by atoms with Crippen molar-refractivity contribution in [2.45, 2.75) is 18.9 Å². The van der Waals surface area contributed by atoms with Crippen molar-refractivity contribution in [3.63, 3.8) is 0 Å². The standard InChI is InChI=1S/C16H16ClN5/c17-12-2-3-14-15(10-12)18-11-19-16(14)21-8-4-13(5-9-21)22-7-1-6-20-22/h1-3,6-7,10-11,13H,4-5,8-9H2. The van der Waals surface area contributed by atoms with Gasteiger partial charge in [0.2, 0.25) is 0 Å². The van der Waals surface area contributed by atoms with E-state index in [0.29, 0.717) is 11.1 Å². The third kappa shape index (κ3) is 2.41. The number of rotatable bonds is 2. The molecule has 5 nitrogen and oxygen atoms in total. The molecule has 0 N–H and O–H groups in total. The first-order valence-corrected chi connectivity index (χ1v) is 7.83. The summed E-state index contributed by atoms with van der Waals surface area (Å²) in [5.74, 6) is 1.00. The number of hydrogen-bond donors (Lipinski definition) is 0. The van der Waals surface area contributed by atoms with Crippen molar-refractivity contribution in [1.82, 2.24) is 19.7 Å². The molecule has 0 atom stereocenters. The van der Waals surface area contributed by atoms with Crippen LogP contribution in [0.15, 0.2) is 43.0 Å². The molecule has 3 heterocycles. The SMILES string of the molecule is Clc1ccc2c(N3CCC(n4cccn4)CC3)ncnc2c1. The van der Waals surface area contributed by atoms with E-state index in [2.05, 4.69) is 24.6 Å². The maximum Gasteiger partial charge on any atom is 0.139 e. The van der Waals surface area contributed by atoms with E-state index in [0.717, 1.165) is 42.7 Å². The summed E-state index contributed by atoms with van der Waals surface area (Å²) in [7, 11) is 0. The Labute approximate surface area is 133 Å². The van der Waals surface area contributed by atoms with Crippen molar-refractivity contribution in [3.05, 3.63) is 48.0 Å². The lowest BCUT2D eigenvalue weighted by atomic mass is 10.0. The number of piperidine rings is 1. The van der Waals surface area contributed by atoms with Crippen molar-refractivity contribution >= 4 is 28.3 Å². The Balaban J connectivity index is 1.59. The summed E-state index contributed by atoms with van der Waals surface area (Å²) in [6, 6.07) is 8.25. The Morgan fingerprint density at radius 2 is 2.00 bits per heavy atom. The molecule has 22 heavy (non-hydrogen) atoms. The zero-order chi connectivity index (χ0) is 14.9. The molecular weight excluding hydrogens is 298 g/mol. The number of fused-ring (bicyclic) bond motifs is 1. The van der Waals surface area contributed by atoms with Gasteiger partial charge < -0.3 is 4.90 Å². The summed E-state index contributed by atoms with van der Waals surface area (Å²) in [6.45, 7) is 1.94. The van der Waals surface area contributed by atoms with E-state index in [9.17, 15) is 0 Å². The lowest BCUT2D eigenvalue weighted by Crippen LogP contribution is -2.35. The maximum absolute atomic E-state index is 6.05. The number of anilines is 1. The molecule has 0 aliphatic carbocycles. The van der Waals surface area contributed by atoms with Gasteiger partial charge in [0.25, 0.3) is 0 Å². The van der Waals surface area contributed by atoms with Gasteiger partial charge in [0.15, 0.2) is 0 Å². The van der Waals surface area contributed by atoms with Crippen molar-refractivity contribution in [1.29, 1.82) is 0 Å². The molecule has 0 amide bonds. The van der Waals surface area contributed by atoms with E-state index in [4.69, 9.17) is 11.6 Å². The van der Waals surface area contributed by atoms with Gasteiger partial charge in [-0.2, -0.15) is 5.10 Å². The molecule has 1 aliphatic heterocycles. The first-order chi connectivity index (χ1) is 10.8. The molecular formula is C16H16ClN5. The van der Waals surface area contributed by atoms with E-state index < -0.39 is 0 Å². The Bertz CT molecular complexity index is 778. The van der Waals surface area contributed by atoms with Gasteiger partial charge in [-0.1, -0.05) is 11.6 Å². The van der Waals surface area contributed by atoms with Crippen LogP contribution in [0.2, 0.25) is 5.02 Å². The number of hydrogen-bond acceptors (Lipinski definition) is 4. The van der Waals surface area contributed by atoms with Crippen LogP contribution in [0.25, 0.3) is 10.9 Å². The van der Waals surface area contributed by atoms with Crippen LogP contribution in [0.5, 0.6) is 0 Å². The highest BCUT2D eigenvalue weighted by atomic mass is 35.5. The van der Waals surface area contributed by atoms with Gasteiger partial charge >= 0.3 is 0 Å². The van der Waals surface area contributed by atoms with Crippen LogP contribution in [0.1, 0.15) is 18.9 Å². The van der Waals surface area contributed by atoms with Crippen molar-refractivity contribution < 1.29 is 0 Å². The average Bonchev–Trinajstić information content (AvgIpc) is 3.09. The fraction of sp³-hybridized carbons (Fsp3) is 0.312. The molecule has 1 saturated heterocycles. The van der Waals surface area contributed by atoms with Gasteiger partial charge in [-0.25, -0.2) is 9.97 Å². The summed E-state index contributed by atoms with van der Waals surface area (Å²) in [5, 5.41) is 6.12. The topological polar surface area (TPSA) is 46.8 Å². The van der Waals surface area contributed by atoms with Gasteiger partial charge in [-0.15, -0.1) is 0 Å². The first kappa shape index (κ1) is 13.5. The van der Waals surface area contributed by atoms with Crippen LogP contribution < -0.4 is 4.90 Å². The normalized spacial score (nSPS) is 16.3. The highest BCUT2D eigenvalue weighted by Crippen LogP contribution is 2.29. The van der Waals surface area contributed by atoms with Crippen LogP contribution >= 0.6 is 11.6 Å². The predicted octanol–water partition coefficient (Wildman–Crippen LogP) is 3.32. The first-order valence-electron chi connectivity index (χ1n) is 7.45. The molecule has 0 bridgehead atoms. The third-order valence-corrected chi connectivity index (χ3v) is 4.48. The van der Waals surface area contributed by atoms with Crippen molar-refractivity contribution in [2.24, 2.45) is 0 Å². The monoisotopic (exact) mass is 313 g/mol. The number of halogens is 1. The highest BCUT2D eigenvalue weighted by Gasteiger charge is 2.22. The second-order valence-electron chi connectivity index (χ2n) is 5.56. The smallest absolute Gasteiger partial charge is 0.139 e. The zero-order valence-corrected chi connectivity index (χ0v) is 12.8. The fourth-order valence-corrected chi connectivity index (χ4v) is 3.27. The van der Waals surface area contributed by atoms with E-state index >= 15 is 0 Å². The average molecular weight is 314 g/mol. The summed E-state index contributed by atoms with van der Waals surface area (Å²) in [5.41, 5.74) is 0.895. The molecule has 0 saturated carbocycles. The molecule has 2 aromatic heterocycles. The lowest BCUT2D eigenvalue weighted by molar-refractivity contribution is 0.366. The second-order valence-corrected chi connectivity index (χ2v) is 6.00. The van der Waals surface area contributed by atoms with Gasteiger partial charge in [-0.3, -0.25) is 4.68 Å². The Morgan fingerprint density at radius 3 is 2.77 bits per heavy atom. The molecule has 0 spiro atoms. The summed E-state index contributed by atoms with van der Waals surface area (Å²) in [6.07, 6.45) is 7.64. The minimum atomic E-state index is 0.480. The van der Waals surface area contributed by atoms with E-state index in [1.54, 1.807) is 6.33 Å². The van der Waals surface area contributed by atoms with E-state index in [1.165, 1.54) is 0 Å².